The number of rotatable bonds is 2. The number of H-pyrrole nitrogens is 1. The van der Waals surface area contributed by atoms with Crippen molar-refractivity contribution < 1.29 is 0 Å². The maximum Gasteiger partial charge on any atom is 0.158 e. The summed E-state index contributed by atoms with van der Waals surface area (Å²) in [6.07, 6.45) is 10.1. The van der Waals surface area contributed by atoms with Crippen LogP contribution in [0.1, 0.15) is 54.6 Å². The van der Waals surface area contributed by atoms with Gasteiger partial charge in [0.1, 0.15) is 17.7 Å². The minimum Gasteiger partial charge on any atom is -0.345 e. The molecule has 3 heterocycles. The molecule has 1 atom stereocenters. The summed E-state index contributed by atoms with van der Waals surface area (Å²) in [5.74, 6) is 1.89. The maximum absolute atomic E-state index is 8.84. The van der Waals surface area contributed by atoms with Crippen LogP contribution in [-0.2, 0) is 12.8 Å². The van der Waals surface area contributed by atoms with Crippen molar-refractivity contribution in [2.24, 2.45) is 0 Å². The Kier molecular flexibility index (Phi) is 3.26. The maximum atomic E-state index is 8.84. The van der Waals surface area contributed by atoms with E-state index in [-0.39, 0.29) is 6.04 Å². The van der Waals surface area contributed by atoms with Gasteiger partial charge in [-0.15, -0.1) is 0 Å². The lowest BCUT2D eigenvalue weighted by Gasteiger charge is -2.23. The van der Waals surface area contributed by atoms with Gasteiger partial charge in [0, 0.05) is 12.2 Å². The molecule has 0 radical (unpaired) electrons. The van der Waals surface area contributed by atoms with Crippen molar-refractivity contribution in [1.82, 2.24) is 19.9 Å². The van der Waals surface area contributed by atoms with E-state index in [2.05, 4.69) is 19.9 Å². The first-order chi connectivity index (χ1) is 10.8. The van der Waals surface area contributed by atoms with Crippen LogP contribution >= 0.6 is 0 Å². The largest absolute Gasteiger partial charge is 0.345 e. The van der Waals surface area contributed by atoms with Gasteiger partial charge < -0.3 is 9.88 Å². The molecule has 1 N–H and O–H groups in total. The van der Waals surface area contributed by atoms with Crippen molar-refractivity contribution in [2.75, 3.05) is 11.4 Å². The summed E-state index contributed by atoms with van der Waals surface area (Å²) in [6.45, 7) is 0.955. The Hall–Kier alpha value is -2.42. The van der Waals surface area contributed by atoms with Gasteiger partial charge in [-0.2, -0.15) is 5.26 Å². The number of nitrogens with one attached hydrogen (secondary N) is 1. The number of imidazole rings is 1. The highest BCUT2D eigenvalue weighted by atomic mass is 15.3. The van der Waals surface area contributed by atoms with Crippen LogP contribution in [-0.4, -0.2) is 26.5 Å². The molecule has 0 unspecified atom stereocenters. The van der Waals surface area contributed by atoms with Crippen molar-refractivity contribution >= 4 is 5.82 Å². The van der Waals surface area contributed by atoms with E-state index in [4.69, 9.17) is 10.2 Å². The second-order valence-corrected chi connectivity index (χ2v) is 5.98. The minimum atomic E-state index is 0.243. The Morgan fingerprint density at radius 2 is 2.09 bits per heavy atom. The second kappa shape index (κ2) is 5.41. The van der Waals surface area contributed by atoms with Crippen LogP contribution in [0.25, 0.3) is 0 Å². The molecular formula is C16H18N6. The van der Waals surface area contributed by atoms with E-state index in [9.17, 15) is 0 Å². The summed E-state index contributed by atoms with van der Waals surface area (Å²) >= 11 is 0. The van der Waals surface area contributed by atoms with Gasteiger partial charge >= 0.3 is 0 Å². The molecule has 6 heteroatoms. The van der Waals surface area contributed by atoms with E-state index < -0.39 is 0 Å². The highest BCUT2D eigenvalue weighted by Crippen LogP contribution is 2.34. The lowest BCUT2D eigenvalue weighted by Crippen LogP contribution is -2.24. The fraction of sp³-hybridized carbons (Fsp3) is 0.500. The van der Waals surface area contributed by atoms with Gasteiger partial charge in [0.25, 0.3) is 0 Å². The van der Waals surface area contributed by atoms with E-state index in [1.54, 1.807) is 6.20 Å². The van der Waals surface area contributed by atoms with Crippen LogP contribution in [0.5, 0.6) is 0 Å². The van der Waals surface area contributed by atoms with Crippen LogP contribution in [0, 0.1) is 11.3 Å². The zero-order chi connectivity index (χ0) is 14.9. The van der Waals surface area contributed by atoms with Gasteiger partial charge in [0.2, 0.25) is 0 Å². The molecule has 112 valence electrons. The van der Waals surface area contributed by atoms with Gasteiger partial charge in [0.05, 0.1) is 24.1 Å². The number of aromatic amines is 1. The van der Waals surface area contributed by atoms with Crippen LogP contribution in [0.4, 0.5) is 5.82 Å². The number of aryl methyl sites for hydroxylation is 2. The molecule has 2 aliphatic rings. The lowest BCUT2D eigenvalue weighted by atomic mass is 10.0. The molecule has 22 heavy (non-hydrogen) atoms. The van der Waals surface area contributed by atoms with Crippen LogP contribution in [0.2, 0.25) is 0 Å². The zero-order valence-corrected chi connectivity index (χ0v) is 12.4. The van der Waals surface area contributed by atoms with Crippen molar-refractivity contribution in [1.29, 1.82) is 5.26 Å². The molecule has 1 fully saturated rings. The number of hydrogen-bond donors (Lipinski definition) is 1. The van der Waals surface area contributed by atoms with Gasteiger partial charge in [-0.05, 0) is 38.5 Å². The van der Waals surface area contributed by atoms with E-state index in [0.717, 1.165) is 43.9 Å². The van der Waals surface area contributed by atoms with Crippen LogP contribution in [0.15, 0.2) is 12.4 Å². The molecule has 0 bridgehead atoms. The summed E-state index contributed by atoms with van der Waals surface area (Å²) in [5.41, 5.74) is 2.92. The van der Waals surface area contributed by atoms with E-state index in [0.29, 0.717) is 5.69 Å². The van der Waals surface area contributed by atoms with Gasteiger partial charge in [-0.3, -0.25) is 0 Å². The van der Waals surface area contributed by atoms with Gasteiger partial charge in [-0.25, -0.2) is 15.0 Å². The molecule has 1 saturated heterocycles. The molecule has 2 aromatic rings. The predicted octanol–water partition coefficient (Wildman–Crippen LogP) is 2.29. The number of anilines is 1. The van der Waals surface area contributed by atoms with Crippen molar-refractivity contribution in [3.8, 4) is 6.07 Å². The number of nitrogens with zero attached hydrogens (tertiary/aromatic N) is 5. The molecule has 4 rings (SSSR count). The fourth-order valence-corrected chi connectivity index (χ4v) is 3.49. The summed E-state index contributed by atoms with van der Waals surface area (Å²) in [4.78, 5) is 19.2. The van der Waals surface area contributed by atoms with Crippen molar-refractivity contribution in [3.05, 3.63) is 35.3 Å². The third-order valence-corrected chi connectivity index (χ3v) is 4.59. The van der Waals surface area contributed by atoms with Gasteiger partial charge in [0.15, 0.2) is 5.69 Å². The van der Waals surface area contributed by atoms with Crippen LogP contribution in [0.3, 0.4) is 0 Å². The molecule has 1 aliphatic carbocycles. The molecule has 0 aromatic carbocycles. The fourth-order valence-electron chi connectivity index (χ4n) is 3.49. The van der Waals surface area contributed by atoms with Crippen molar-refractivity contribution in [2.45, 2.75) is 44.6 Å². The summed E-state index contributed by atoms with van der Waals surface area (Å²) in [7, 11) is 0. The number of fused-ring (bicyclic) bond motifs is 1. The predicted molar refractivity (Wildman–Crippen MR) is 81.3 cm³/mol. The van der Waals surface area contributed by atoms with E-state index in [1.807, 2.05) is 6.07 Å². The molecule has 0 saturated carbocycles. The first kappa shape index (κ1) is 13.3. The zero-order valence-electron chi connectivity index (χ0n) is 12.4. The molecule has 2 aromatic heterocycles. The molecular weight excluding hydrogens is 276 g/mol. The van der Waals surface area contributed by atoms with Gasteiger partial charge in [-0.1, -0.05) is 0 Å². The first-order valence-electron chi connectivity index (χ1n) is 7.91. The number of hydrogen-bond acceptors (Lipinski definition) is 5. The Bertz CT molecular complexity index is 688. The first-order valence-corrected chi connectivity index (χ1v) is 7.91. The molecule has 6 nitrogen and oxygen atoms in total. The number of nitriles is 1. The smallest absolute Gasteiger partial charge is 0.158 e. The Balaban J connectivity index is 1.62. The Morgan fingerprint density at radius 3 is 2.86 bits per heavy atom. The Labute approximate surface area is 129 Å². The number of aromatic nitrogens is 4. The van der Waals surface area contributed by atoms with Crippen molar-refractivity contribution in [3.63, 3.8) is 0 Å². The highest BCUT2D eigenvalue weighted by molar-refractivity contribution is 5.41. The third-order valence-electron chi connectivity index (χ3n) is 4.59. The molecule has 1 aliphatic heterocycles. The standard InChI is InChI=1S/C16H18N6/c17-8-11-9-19-15(10-18-11)22-7-3-6-14(22)16-20-12-4-1-2-5-13(12)21-16/h9-10,14H,1-7H2,(H,20,21)/t14-/m1/s1. The van der Waals surface area contributed by atoms with E-state index in [1.165, 1.54) is 30.4 Å². The van der Waals surface area contributed by atoms with Crippen LogP contribution < -0.4 is 4.90 Å². The summed E-state index contributed by atoms with van der Waals surface area (Å²) in [6, 6.07) is 2.25. The summed E-state index contributed by atoms with van der Waals surface area (Å²) in [5, 5.41) is 8.84. The quantitative estimate of drug-likeness (QED) is 0.919. The molecule has 0 amide bonds. The second-order valence-electron chi connectivity index (χ2n) is 5.98. The normalized spacial score (nSPS) is 20.7. The molecule has 0 spiro atoms. The van der Waals surface area contributed by atoms with E-state index >= 15 is 0 Å². The average molecular weight is 294 g/mol. The SMILES string of the molecule is N#Cc1cnc(N2CCC[C@@H]2c2nc3c([nH]2)CCCC3)cn1. The monoisotopic (exact) mass is 294 g/mol. The topological polar surface area (TPSA) is 81.5 Å². The lowest BCUT2D eigenvalue weighted by molar-refractivity contribution is 0.666. The third kappa shape index (κ3) is 2.23. The average Bonchev–Trinajstić information content (AvgIpc) is 3.21. The minimum absolute atomic E-state index is 0.243. The highest BCUT2D eigenvalue weighted by Gasteiger charge is 2.30. The Morgan fingerprint density at radius 1 is 1.18 bits per heavy atom. The summed E-state index contributed by atoms with van der Waals surface area (Å²) < 4.78 is 0.